The molecule has 1 aromatic heterocycles. The summed E-state index contributed by atoms with van der Waals surface area (Å²) in [5, 5.41) is 3.59. The fraction of sp³-hybridized carbons (Fsp3) is 0.333. The number of benzene rings is 1. The SMILES string of the molecule is Cc1noc(CNS(=O)(=O)c2ccc(C)c(CN)c2)n1. The van der Waals surface area contributed by atoms with Crippen LogP contribution < -0.4 is 10.5 Å². The van der Waals surface area contributed by atoms with Gasteiger partial charge in [-0.3, -0.25) is 0 Å². The fourth-order valence-electron chi connectivity index (χ4n) is 1.69. The van der Waals surface area contributed by atoms with E-state index < -0.39 is 10.0 Å². The molecular weight excluding hydrogens is 280 g/mol. The van der Waals surface area contributed by atoms with Crippen LogP contribution >= 0.6 is 0 Å². The third-order valence-corrected chi connectivity index (χ3v) is 4.23. The molecule has 0 unspecified atom stereocenters. The van der Waals surface area contributed by atoms with Gasteiger partial charge in [0.2, 0.25) is 15.9 Å². The van der Waals surface area contributed by atoms with Gasteiger partial charge in [0.1, 0.15) is 0 Å². The van der Waals surface area contributed by atoms with Gasteiger partial charge in [0.15, 0.2) is 5.82 Å². The molecule has 0 saturated carbocycles. The predicted molar refractivity (Wildman–Crippen MR) is 72.1 cm³/mol. The van der Waals surface area contributed by atoms with Crippen LogP contribution in [0.5, 0.6) is 0 Å². The molecule has 2 rings (SSSR count). The summed E-state index contributed by atoms with van der Waals surface area (Å²) in [6, 6.07) is 4.83. The summed E-state index contributed by atoms with van der Waals surface area (Å²) in [5.74, 6) is 0.678. The van der Waals surface area contributed by atoms with E-state index in [0.717, 1.165) is 11.1 Å². The summed E-state index contributed by atoms with van der Waals surface area (Å²) >= 11 is 0. The minimum Gasteiger partial charge on any atom is -0.338 e. The average molecular weight is 296 g/mol. The average Bonchev–Trinajstić information content (AvgIpc) is 2.83. The van der Waals surface area contributed by atoms with Crippen LogP contribution in [0.3, 0.4) is 0 Å². The van der Waals surface area contributed by atoms with Gasteiger partial charge < -0.3 is 10.3 Å². The highest BCUT2D eigenvalue weighted by Gasteiger charge is 2.16. The van der Waals surface area contributed by atoms with Gasteiger partial charge in [0.05, 0.1) is 11.4 Å². The largest absolute Gasteiger partial charge is 0.338 e. The maximum Gasteiger partial charge on any atom is 0.241 e. The Bertz CT molecular complexity index is 709. The lowest BCUT2D eigenvalue weighted by Gasteiger charge is -2.08. The maximum atomic E-state index is 12.1. The van der Waals surface area contributed by atoms with Crippen LogP contribution in [0.1, 0.15) is 22.8 Å². The number of nitrogens with two attached hydrogens (primary N) is 1. The van der Waals surface area contributed by atoms with Crippen LogP contribution in [-0.2, 0) is 23.1 Å². The van der Waals surface area contributed by atoms with E-state index in [1.807, 2.05) is 6.92 Å². The zero-order valence-electron chi connectivity index (χ0n) is 11.3. The molecule has 3 N–H and O–H groups in total. The van der Waals surface area contributed by atoms with Gasteiger partial charge in [0, 0.05) is 6.54 Å². The molecule has 2 aromatic rings. The molecule has 0 radical (unpaired) electrons. The smallest absolute Gasteiger partial charge is 0.241 e. The zero-order valence-corrected chi connectivity index (χ0v) is 12.1. The monoisotopic (exact) mass is 296 g/mol. The highest BCUT2D eigenvalue weighted by atomic mass is 32.2. The van der Waals surface area contributed by atoms with E-state index in [4.69, 9.17) is 10.3 Å². The first-order valence-corrected chi connectivity index (χ1v) is 7.49. The summed E-state index contributed by atoms with van der Waals surface area (Å²) < 4.78 is 31.6. The molecule has 0 bridgehead atoms. The molecule has 1 aromatic carbocycles. The maximum absolute atomic E-state index is 12.1. The first kappa shape index (κ1) is 14.6. The van der Waals surface area contributed by atoms with Crippen molar-refractivity contribution in [2.45, 2.75) is 31.8 Å². The quantitative estimate of drug-likeness (QED) is 0.837. The normalized spacial score (nSPS) is 11.8. The Morgan fingerprint density at radius 1 is 1.35 bits per heavy atom. The van der Waals surface area contributed by atoms with Gasteiger partial charge in [-0.15, -0.1) is 0 Å². The lowest BCUT2D eigenvalue weighted by Crippen LogP contribution is -2.23. The third-order valence-electron chi connectivity index (χ3n) is 2.83. The number of aromatic nitrogens is 2. The van der Waals surface area contributed by atoms with E-state index >= 15 is 0 Å². The molecule has 20 heavy (non-hydrogen) atoms. The Balaban J connectivity index is 2.17. The van der Waals surface area contributed by atoms with Crippen molar-refractivity contribution in [1.82, 2.24) is 14.9 Å². The van der Waals surface area contributed by atoms with Crippen molar-refractivity contribution in [3.63, 3.8) is 0 Å². The first-order chi connectivity index (χ1) is 9.42. The van der Waals surface area contributed by atoms with Gasteiger partial charge in [-0.25, -0.2) is 13.1 Å². The van der Waals surface area contributed by atoms with E-state index in [-0.39, 0.29) is 23.9 Å². The number of aryl methyl sites for hydroxylation is 2. The van der Waals surface area contributed by atoms with Crippen LogP contribution in [0, 0.1) is 13.8 Å². The van der Waals surface area contributed by atoms with E-state index in [1.54, 1.807) is 19.1 Å². The molecule has 0 atom stereocenters. The minimum absolute atomic E-state index is 0.0466. The molecule has 0 aliphatic heterocycles. The van der Waals surface area contributed by atoms with Crippen LogP contribution in [0.2, 0.25) is 0 Å². The fourth-order valence-corrected chi connectivity index (χ4v) is 2.71. The van der Waals surface area contributed by atoms with Crippen molar-refractivity contribution < 1.29 is 12.9 Å². The highest BCUT2D eigenvalue weighted by molar-refractivity contribution is 7.89. The van der Waals surface area contributed by atoms with Gasteiger partial charge in [-0.05, 0) is 37.1 Å². The number of rotatable bonds is 5. The van der Waals surface area contributed by atoms with Crippen LogP contribution in [0.15, 0.2) is 27.6 Å². The van der Waals surface area contributed by atoms with E-state index in [2.05, 4.69) is 14.9 Å². The standard InChI is InChI=1S/C12H16N4O3S/c1-8-3-4-11(5-10(8)6-13)20(17,18)14-7-12-15-9(2)16-19-12/h3-5,14H,6-7,13H2,1-2H3. The van der Waals surface area contributed by atoms with E-state index in [9.17, 15) is 8.42 Å². The van der Waals surface area contributed by atoms with Crippen molar-refractivity contribution in [2.75, 3.05) is 0 Å². The van der Waals surface area contributed by atoms with Crippen molar-refractivity contribution >= 4 is 10.0 Å². The summed E-state index contributed by atoms with van der Waals surface area (Å²) in [6.07, 6.45) is 0. The molecule has 0 aliphatic carbocycles. The predicted octanol–water partition coefficient (Wildman–Crippen LogP) is 0.624. The van der Waals surface area contributed by atoms with Crippen LogP contribution in [0.4, 0.5) is 0 Å². The molecule has 0 fully saturated rings. The van der Waals surface area contributed by atoms with Gasteiger partial charge >= 0.3 is 0 Å². The number of hydrogen-bond donors (Lipinski definition) is 2. The van der Waals surface area contributed by atoms with E-state index in [1.165, 1.54) is 6.07 Å². The zero-order chi connectivity index (χ0) is 14.8. The Morgan fingerprint density at radius 2 is 2.10 bits per heavy atom. The number of nitrogens with zero attached hydrogens (tertiary/aromatic N) is 2. The van der Waals surface area contributed by atoms with Gasteiger partial charge in [0.25, 0.3) is 0 Å². The molecule has 1 heterocycles. The molecule has 0 amide bonds. The van der Waals surface area contributed by atoms with Gasteiger partial charge in [-0.2, -0.15) is 4.98 Å². The Kier molecular flexibility index (Phi) is 4.17. The second kappa shape index (κ2) is 5.70. The molecule has 8 heteroatoms. The number of nitrogens with one attached hydrogen (secondary N) is 1. The van der Waals surface area contributed by atoms with E-state index in [0.29, 0.717) is 5.82 Å². The molecule has 108 valence electrons. The summed E-state index contributed by atoms with van der Waals surface area (Å²) in [5.41, 5.74) is 7.33. The van der Waals surface area contributed by atoms with Crippen molar-refractivity contribution in [1.29, 1.82) is 0 Å². The Labute approximate surface area is 117 Å². The number of sulfonamides is 1. The molecule has 0 spiro atoms. The van der Waals surface area contributed by atoms with Crippen molar-refractivity contribution in [2.24, 2.45) is 5.73 Å². The van der Waals surface area contributed by atoms with Crippen LogP contribution in [0.25, 0.3) is 0 Å². The summed E-state index contributed by atoms with van der Waals surface area (Å²) in [4.78, 5) is 4.10. The first-order valence-electron chi connectivity index (χ1n) is 6.01. The summed E-state index contributed by atoms with van der Waals surface area (Å²) in [7, 11) is -3.63. The highest BCUT2D eigenvalue weighted by Crippen LogP contribution is 2.15. The second-order valence-electron chi connectivity index (χ2n) is 4.35. The van der Waals surface area contributed by atoms with Gasteiger partial charge in [-0.1, -0.05) is 11.2 Å². The van der Waals surface area contributed by atoms with Crippen LogP contribution in [-0.4, -0.2) is 18.6 Å². The van der Waals surface area contributed by atoms with Crippen molar-refractivity contribution in [3.05, 3.63) is 41.0 Å². The topological polar surface area (TPSA) is 111 Å². The lowest BCUT2D eigenvalue weighted by atomic mass is 10.1. The Hall–Kier alpha value is -1.77. The third kappa shape index (κ3) is 3.21. The van der Waals surface area contributed by atoms with Crippen molar-refractivity contribution in [3.8, 4) is 0 Å². The second-order valence-corrected chi connectivity index (χ2v) is 6.12. The summed E-state index contributed by atoms with van der Waals surface area (Å²) in [6.45, 7) is 3.79. The Morgan fingerprint density at radius 3 is 2.70 bits per heavy atom. The number of hydrogen-bond acceptors (Lipinski definition) is 6. The molecular formula is C12H16N4O3S. The molecule has 0 saturated heterocycles. The minimum atomic E-state index is -3.63. The molecule has 7 nitrogen and oxygen atoms in total. The lowest BCUT2D eigenvalue weighted by molar-refractivity contribution is 0.372. The molecule has 0 aliphatic rings.